The molecule has 1 aliphatic carbocycles. The molecule has 0 atom stereocenters. The second kappa shape index (κ2) is 6.87. The highest BCUT2D eigenvalue weighted by molar-refractivity contribution is 5.78. The molecule has 0 aromatic heterocycles. The smallest absolute Gasteiger partial charge is 0.236 e. The van der Waals surface area contributed by atoms with Crippen LogP contribution in [0.3, 0.4) is 0 Å². The summed E-state index contributed by atoms with van der Waals surface area (Å²) in [5.41, 5.74) is 0. The number of ether oxygens (including phenoxy) is 1. The van der Waals surface area contributed by atoms with Gasteiger partial charge in [0.15, 0.2) is 0 Å². The second-order valence-electron chi connectivity index (χ2n) is 6.40. The molecule has 0 radical (unpaired) electrons. The van der Waals surface area contributed by atoms with Crippen LogP contribution in [-0.2, 0) is 9.53 Å². The molecule has 0 unspecified atom stereocenters. The summed E-state index contributed by atoms with van der Waals surface area (Å²) >= 11 is 0. The molecule has 5 nitrogen and oxygen atoms in total. The lowest BCUT2D eigenvalue weighted by molar-refractivity contribution is -0.136. The van der Waals surface area contributed by atoms with Crippen LogP contribution in [0.1, 0.15) is 25.7 Å². The summed E-state index contributed by atoms with van der Waals surface area (Å²) in [6.45, 7) is 6.85. The molecule has 5 heteroatoms. The van der Waals surface area contributed by atoms with E-state index in [1.165, 1.54) is 32.2 Å². The van der Waals surface area contributed by atoms with Gasteiger partial charge in [-0.2, -0.15) is 0 Å². The van der Waals surface area contributed by atoms with Gasteiger partial charge in [0.25, 0.3) is 0 Å². The number of hydrogen-bond donors (Lipinski definition) is 1. The van der Waals surface area contributed by atoms with Gasteiger partial charge in [0.05, 0.1) is 19.8 Å². The van der Waals surface area contributed by atoms with Crippen LogP contribution in [-0.4, -0.2) is 74.2 Å². The van der Waals surface area contributed by atoms with E-state index in [0.29, 0.717) is 19.8 Å². The Balaban J connectivity index is 1.33. The van der Waals surface area contributed by atoms with E-state index >= 15 is 0 Å². The maximum absolute atomic E-state index is 12.2. The Bertz CT molecular complexity index is 319. The summed E-state index contributed by atoms with van der Waals surface area (Å²) in [5, 5.41) is 3.63. The number of likely N-dealkylation sites (tertiary alicyclic amines) is 1. The van der Waals surface area contributed by atoms with Gasteiger partial charge < -0.3 is 15.0 Å². The molecule has 114 valence electrons. The Labute approximate surface area is 121 Å². The van der Waals surface area contributed by atoms with Gasteiger partial charge in [-0.15, -0.1) is 0 Å². The Hall–Kier alpha value is -0.650. The molecule has 1 amide bonds. The molecule has 2 aliphatic heterocycles. The van der Waals surface area contributed by atoms with E-state index in [9.17, 15) is 4.79 Å². The largest absolute Gasteiger partial charge is 0.378 e. The average Bonchev–Trinajstić information content (AvgIpc) is 3.32. The van der Waals surface area contributed by atoms with Crippen LogP contribution in [0.4, 0.5) is 0 Å². The second-order valence-corrected chi connectivity index (χ2v) is 6.40. The Kier molecular flexibility index (Phi) is 4.91. The van der Waals surface area contributed by atoms with E-state index in [2.05, 4.69) is 10.2 Å². The fourth-order valence-electron chi connectivity index (χ4n) is 3.07. The minimum absolute atomic E-state index is 0.280. The molecule has 3 rings (SSSR count). The third-order valence-electron chi connectivity index (χ3n) is 4.70. The fourth-order valence-corrected chi connectivity index (χ4v) is 3.07. The van der Waals surface area contributed by atoms with Crippen molar-refractivity contribution in [3.8, 4) is 0 Å². The summed E-state index contributed by atoms with van der Waals surface area (Å²) < 4.78 is 5.29. The molecular formula is C15H27N3O2. The summed E-state index contributed by atoms with van der Waals surface area (Å²) in [6, 6.07) is 0.816. The van der Waals surface area contributed by atoms with Crippen LogP contribution in [0, 0.1) is 5.92 Å². The minimum atomic E-state index is 0.280. The summed E-state index contributed by atoms with van der Waals surface area (Å²) in [6.07, 6.45) is 5.20. The molecule has 0 bridgehead atoms. The van der Waals surface area contributed by atoms with Gasteiger partial charge in [-0.25, -0.2) is 0 Å². The summed E-state index contributed by atoms with van der Waals surface area (Å²) in [7, 11) is 0. The maximum Gasteiger partial charge on any atom is 0.236 e. The molecule has 3 fully saturated rings. The van der Waals surface area contributed by atoms with Crippen molar-refractivity contribution in [3.63, 3.8) is 0 Å². The SMILES string of the molecule is O=C(CN1CCC(CNC2CC2)CC1)N1CCOCC1. The number of hydrogen-bond acceptors (Lipinski definition) is 4. The molecule has 20 heavy (non-hydrogen) atoms. The number of amides is 1. The number of morpholine rings is 1. The molecule has 1 N–H and O–H groups in total. The van der Waals surface area contributed by atoms with Gasteiger partial charge in [-0.05, 0) is 51.2 Å². The Morgan fingerprint density at radius 1 is 1.05 bits per heavy atom. The monoisotopic (exact) mass is 281 g/mol. The van der Waals surface area contributed by atoms with Crippen LogP contribution in [0.2, 0.25) is 0 Å². The van der Waals surface area contributed by atoms with Crippen molar-refractivity contribution in [2.24, 2.45) is 5.92 Å². The first-order valence-electron chi connectivity index (χ1n) is 8.12. The van der Waals surface area contributed by atoms with Crippen molar-refractivity contribution in [2.75, 3.05) is 52.5 Å². The summed E-state index contributed by atoms with van der Waals surface area (Å²) in [5.74, 6) is 1.09. The van der Waals surface area contributed by atoms with E-state index in [1.54, 1.807) is 0 Å². The number of nitrogens with zero attached hydrogens (tertiary/aromatic N) is 2. The number of carbonyl (C=O) groups is 1. The van der Waals surface area contributed by atoms with Crippen molar-refractivity contribution in [3.05, 3.63) is 0 Å². The van der Waals surface area contributed by atoms with Crippen molar-refractivity contribution in [1.29, 1.82) is 0 Å². The highest BCUT2D eigenvalue weighted by Crippen LogP contribution is 2.21. The zero-order valence-electron chi connectivity index (χ0n) is 12.4. The number of carbonyl (C=O) groups excluding carboxylic acids is 1. The molecule has 2 heterocycles. The molecule has 0 aromatic carbocycles. The normalized spacial score (nSPS) is 25.9. The van der Waals surface area contributed by atoms with Crippen LogP contribution in [0.5, 0.6) is 0 Å². The Morgan fingerprint density at radius 3 is 2.40 bits per heavy atom. The number of nitrogens with one attached hydrogen (secondary N) is 1. The third-order valence-corrected chi connectivity index (χ3v) is 4.70. The van der Waals surface area contributed by atoms with Crippen molar-refractivity contribution in [2.45, 2.75) is 31.7 Å². The van der Waals surface area contributed by atoms with Crippen molar-refractivity contribution >= 4 is 5.91 Å². The van der Waals surface area contributed by atoms with E-state index < -0.39 is 0 Å². The number of rotatable bonds is 5. The third kappa shape index (κ3) is 4.17. The van der Waals surface area contributed by atoms with Crippen molar-refractivity contribution in [1.82, 2.24) is 15.1 Å². The summed E-state index contributed by atoms with van der Waals surface area (Å²) in [4.78, 5) is 16.5. The van der Waals surface area contributed by atoms with E-state index in [1.807, 2.05) is 4.90 Å². The highest BCUT2D eigenvalue weighted by Gasteiger charge is 2.26. The van der Waals surface area contributed by atoms with E-state index in [4.69, 9.17) is 4.74 Å². The fraction of sp³-hybridized carbons (Fsp3) is 0.933. The standard InChI is InChI=1S/C15H27N3O2/c19-15(18-7-9-20-10-8-18)12-17-5-3-13(4-6-17)11-16-14-1-2-14/h13-14,16H,1-12H2. The molecule has 0 aromatic rings. The molecule has 1 saturated carbocycles. The lowest BCUT2D eigenvalue weighted by Gasteiger charge is -2.34. The predicted molar refractivity (Wildman–Crippen MR) is 77.6 cm³/mol. The number of piperidine rings is 1. The van der Waals surface area contributed by atoms with Crippen LogP contribution < -0.4 is 5.32 Å². The van der Waals surface area contributed by atoms with E-state index in [0.717, 1.165) is 38.1 Å². The predicted octanol–water partition coefficient (Wildman–Crippen LogP) is 0.309. The average molecular weight is 281 g/mol. The van der Waals surface area contributed by atoms with Gasteiger partial charge in [-0.3, -0.25) is 9.69 Å². The van der Waals surface area contributed by atoms with Crippen molar-refractivity contribution < 1.29 is 9.53 Å². The van der Waals surface area contributed by atoms with Crippen LogP contribution in [0.25, 0.3) is 0 Å². The highest BCUT2D eigenvalue weighted by atomic mass is 16.5. The van der Waals surface area contributed by atoms with Gasteiger partial charge >= 0.3 is 0 Å². The lowest BCUT2D eigenvalue weighted by Crippen LogP contribution is -2.47. The molecule has 3 aliphatic rings. The maximum atomic E-state index is 12.2. The Morgan fingerprint density at radius 2 is 1.75 bits per heavy atom. The quantitative estimate of drug-likeness (QED) is 0.788. The van der Waals surface area contributed by atoms with Gasteiger partial charge in [0.1, 0.15) is 0 Å². The molecule has 0 spiro atoms. The lowest BCUT2D eigenvalue weighted by atomic mass is 9.97. The minimum Gasteiger partial charge on any atom is -0.378 e. The topological polar surface area (TPSA) is 44.8 Å². The first-order chi connectivity index (χ1) is 9.81. The molecule has 2 saturated heterocycles. The van der Waals surface area contributed by atoms with E-state index in [-0.39, 0.29) is 5.91 Å². The van der Waals surface area contributed by atoms with Crippen LogP contribution in [0.15, 0.2) is 0 Å². The van der Waals surface area contributed by atoms with Crippen LogP contribution >= 0.6 is 0 Å². The van der Waals surface area contributed by atoms with Gasteiger partial charge in [0.2, 0.25) is 5.91 Å². The van der Waals surface area contributed by atoms with Gasteiger partial charge in [0, 0.05) is 19.1 Å². The zero-order valence-corrected chi connectivity index (χ0v) is 12.4. The zero-order chi connectivity index (χ0) is 13.8. The van der Waals surface area contributed by atoms with Gasteiger partial charge in [-0.1, -0.05) is 0 Å². The molecular weight excluding hydrogens is 254 g/mol. The first-order valence-corrected chi connectivity index (χ1v) is 8.12. The first kappa shape index (κ1) is 14.3.